The standard InChI is InChI=1S/C7H11N3OS/c1-5-8-7(12-9-5)10-3-2-6(11)4-10/h6,11H,2-4H2,1H3/t6-/m0/s1. The molecule has 1 saturated heterocycles. The SMILES string of the molecule is Cc1nsc(N2CC[C@H](O)C2)n1. The molecule has 0 unspecified atom stereocenters. The molecule has 5 heteroatoms. The van der Waals surface area contributed by atoms with Gasteiger partial charge in [-0.2, -0.15) is 4.37 Å². The van der Waals surface area contributed by atoms with Gasteiger partial charge in [0.25, 0.3) is 0 Å². The van der Waals surface area contributed by atoms with Crippen LogP contribution in [0.2, 0.25) is 0 Å². The van der Waals surface area contributed by atoms with E-state index in [2.05, 4.69) is 14.3 Å². The van der Waals surface area contributed by atoms with Gasteiger partial charge in [0, 0.05) is 24.6 Å². The number of hydrogen-bond donors (Lipinski definition) is 1. The molecule has 1 aromatic rings. The molecule has 0 amide bonds. The summed E-state index contributed by atoms with van der Waals surface area (Å²) in [5, 5.41) is 10.2. The van der Waals surface area contributed by atoms with Crippen molar-refractivity contribution in [2.75, 3.05) is 18.0 Å². The van der Waals surface area contributed by atoms with Crippen LogP contribution < -0.4 is 4.90 Å². The minimum Gasteiger partial charge on any atom is -0.391 e. The zero-order valence-electron chi connectivity index (χ0n) is 6.90. The van der Waals surface area contributed by atoms with E-state index < -0.39 is 0 Å². The minimum atomic E-state index is -0.186. The number of aliphatic hydroxyl groups excluding tert-OH is 1. The van der Waals surface area contributed by atoms with Crippen LogP contribution in [0.15, 0.2) is 0 Å². The number of aryl methyl sites for hydroxylation is 1. The molecule has 0 aromatic carbocycles. The first kappa shape index (κ1) is 7.94. The lowest BCUT2D eigenvalue weighted by Gasteiger charge is -2.11. The highest BCUT2D eigenvalue weighted by Gasteiger charge is 2.22. The molecule has 1 fully saturated rings. The second-order valence-corrected chi connectivity index (χ2v) is 3.74. The Morgan fingerprint density at radius 1 is 1.67 bits per heavy atom. The van der Waals surface area contributed by atoms with Crippen molar-refractivity contribution in [3.63, 3.8) is 0 Å². The van der Waals surface area contributed by atoms with E-state index in [1.54, 1.807) is 0 Å². The van der Waals surface area contributed by atoms with E-state index in [0.717, 1.165) is 23.9 Å². The maximum absolute atomic E-state index is 9.28. The Bertz CT molecular complexity index is 275. The summed E-state index contributed by atoms with van der Waals surface area (Å²) in [6, 6.07) is 0. The van der Waals surface area contributed by atoms with Crippen molar-refractivity contribution < 1.29 is 5.11 Å². The van der Waals surface area contributed by atoms with Gasteiger partial charge in [0.15, 0.2) is 0 Å². The maximum atomic E-state index is 9.28. The number of rotatable bonds is 1. The van der Waals surface area contributed by atoms with Crippen molar-refractivity contribution in [2.24, 2.45) is 0 Å². The lowest BCUT2D eigenvalue weighted by molar-refractivity contribution is 0.198. The number of aliphatic hydroxyl groups is 1. The summed E-state index contributed by atoms with van der Waals surface area (Å²) < 4.78 is 4.09. The average molecular weight is 185 g/mol. The fourth-order valence-corrected chi connectivity index (χ4v) is 2.04. The molecular formula is C7H11N3OS. The first-order chi connectivity index (χ1) is 5.75. The predicted molar refractivity (Wildman–Crippen MR) is 47.5 cm³/mol. The van der Waals surface area contributed by atoms with Crippen LogP contribution in [-0.4, -0.2) is 33.7 Å². The molecule has 1 aromatic heterocycles. The summed E-state index contributed by atoms with van der Waals surface area (Å²) in [5.41, 5.74) is 0. The predicted octanol–water partition coefficient (Wildman–Crippen LogP) is 0.418. The Morgan fingerprint density at radius 3 is 3.00 bits per heavy atom. The van der Waals surface area contributed by atoms with Crippen LogP contribution in [0, 0.1) is 6.92 Å². The third kappa shape index (κ3) is 1.42. The molecule has 0 radical (unpaired) electrons. The van der Waals surface area contributed by atoms with Crippen molar-refractivity contribution in [3.8, 4) is 0 Å². The van der Waals surface area contributed by atoms with Gasteiger partial charge in [-0.3, -0.25) is 0 Å². The normalized spacial score (nSPS) is 23.5. The van der Waals surface area contributed by atoms with E-state index in [1.807, 2.05) is 6.92 Å². The molecule has 1 N–H and O–H groups in total. The zero-order chi connectivity index (χ0) is 8.55. The van der Waals surface area contributed by atoms with E-state index in [1.165, 1.54) is 11.5 Å². The second kappa shape index (κ2) is 2.99. The highest BCUT2D eigenvalue weighted by Crippen LogP contribution is 2.21. The van der Waals surface area contributed by atoms with Crippen LogP contribution in [-0.2, 0) is 0 Å². The molecule has 1 aliphatic heterocycles. The van der Waals surface area contributed by atoms with E-state index >= 15 is 0 Å². The molecule has 0 aliphatic carbocycles. The molecule has 12 heavy (non-hydrogen) atoms. The molecule has 2 heterocycles. The first-order valence-corrected chi connectivity index (χ1v) is 4.76. The number of nitrogens with zero attached hydrogens (tertiary/aromatic N) is 3. The zero-order valence-corrected chi connectivity index (χ0v) is 7.71. The Labute approximate surface area is 75.0 Å². The Hall–Kier alpha value is -0.680. The van der Waals surface area contributed by atoms with E-state index in [4.69, 9.17) is 0 Å². The quantitative estimate of drug-likeness (QED) is 0.688. The number of β-amino-alcohol motifs (C(OH)–C–C–N with tert-alkyl or cyclic N) is 1. The molecular weight excluding hydrogens is 174 g/mol. The minimum absolute atomic E-state index is 0.186. The topological polar surface area (TPSA) is 49.2 Å². The third-order valence-corrected chi connectivity index (χ3v) is 2.82. The van der Waals surface area contributed by atoms with Crippen molar-refractivity contribution in [1.82, 2.24) is 9.36 Å². The van der Waals surface area contributed by atoms with Gasteiger partial charge in [0.1, 0.15) is 5.82 Å². The van der Waals surface area contributed by atoms with Gasteiger partial charge < -0.3 is 10.0 Å². The summed E-state index contributed by atoms with van der Waals surface area (Å²) in [6.07, 6.45) is 0.660. The second-order valence-electron chi connectivity index (χ2n) is 3.01. The highest BCUT2D eigenvalue weighted by atomic mass is 32.1. The molecule has 4 nitrogen and oxygen atoms in total. The summed E-state index contributed by atoms with van der Waals surface area (Å²) >= 11 is 1.40. The van der Waals surface area contributed by atoms with Gasteiger partial charge in [0.05, 0.1) is 6.10 Å². The highest BCUT2D eigenvalue weighted by molar-refractivity contribution is 7.09. The van der Waals surface area contributed by atoms with Crippen LogP contribution in [0.25, 0.3) is 0 Å². The Balaban J connectivity index is 2.11. The Kier molecular flexibility index (Phi) is 1.98. The molecule has 1 aliphatic rings. The van der Waals surface area contributed by atoms with E-state index in [-0.39, 0.29) is 6.10 Å². The van der Waals surface area contributed by atoms with E-state index in [9.17, 15) is 5.11 Å². The Morgan fingerprint density at radius 2 is 2.50 bits per heavy atom. The van der Waals surface area contributed by atoms with Gasteiger partial charge in [-0.05, 0) is 13.3 Å². The van der Waals surface area contributed by atoms with Crippen molar-refractivity contribution in [2.45, 2.75) is 19.4 Å². The van der Waals surface area contributed by atoms with Gasteiger partial charge >= 0.3 is 0 Å². The summed E-state index contributed by atoms with van der Waals surface area (Å²) in [4.78, 5) is 6.33. The first-order valence-electron chi connectivity index (χ1n) is 3.99. The van der Waals surface area contributed by atoms with Crippen LogP contribution in [0.1, 0.15) is 12.2 Å². The molecule has 0 bridgehead atoms. The molecule has 66 valence electrons. The van der Waals surface area contributed by atoms with Gasteiger partial charge in [-0.25, -0.2) is 4.98 Å². The maximum Gasteiger partial charge on any atom is 0.205 e. The monoisotopic (exact) mass is 185 g/mol. The lowest BCUT2D eigenvalue weighted by Crippen LogP contribution is -2.20. The molecule has 1 atom stereocenters. The van der Waals surface area contributed by atoms with E-state index in [0.29, 0.717) is 6.54 Å². The average Bonchev–Trinajstić information content (AvgIpc) is 2.58. The smallest absolute Gasteiger partial charge is 0.205 e. The van der Waals surface area contributed by atoms with Crippen LogP contribution in [0.5, 0.6) is 0 Å². The van der Waals surface area contributed by atoms with Crippen LogP contribution in [0.3, 0.4) is 0 Å². The largest absolute Gasteiger partial charge is 0.391 e. The fourth-order valence-electron chi connectivity index (χ4n) is 1.33. The molecule has 2 rings (SSSR count). The van der Waals surface area contributed by atoms with Crippen molar-refractivity contribution in [1.29, 1.82) is 0 Å². The van der Waals surface area contributed by atoms with Gasteiger partial charge in [-0.1, -0.05) is 0 Å². The van der Waals surface area contributed by atoms with Crippen molar-refractivity contribution in [3.05, 3.63) is 5.82 Å². The summed E-state index contributed by atoms with van der Waals surface area (Å²) in [5.74, 6) is 0.816. The fraction of sp³-hybridized carbons (Fsp3) is 0.714. The van der Waals surface area contributed by atoms with Gasteiger partial charge in [0.2, 0.25) is 5.13 Å². The number of anilines is 1. The molecule has 0 spiro atoms. The van der Waals surface area contributed by atoms with Crippen molar-refractivity contribution >= 4 is 16.7 Å². The summed E-state index contributed by atoms with van der Waals surface area (Å²) in [6.45, 7) is 3.48. The summed E-state index contributed by atoms with van der Waals surface area (Å²) in [7, 11) is 0. The lowest BCUT2D eigenvalue weighted by atomic mass is 10.3. The van der Waals surface area contributed by atoms with Crippen LogP contribution >= 0.6 is 11.5 Å². The number of aromatic nitrogens is 2. The van der Waals surface area contributed by atoms with Crippen LogP contribution in [0.4, 0.5) is 5.13 Å². The van der Waals surface area contributed by atoms with Gasteiger partial charge in [-0.15, -0.1) is 0 Å². The number of hydrogen-bond acceptors (Lipinski definition) is 5. The molecule has 0 saturated carbocycles. The third-order valence-electron chi connectivity index (χ3n) is 1.95.